The Morgan fingerprint density at radius 1 is 1.11 bits per heavy atom. The number of anilines is 1. The van der Waals surface area contributed by atoms with E-state index in [4.69, 9.17) is 4.74 Å². The number of nitrogens with one attached hydrogen (secondary N) is 1. The molecule has 90 valence electrons. The van der Waals surface area contributed by atoms with Crippen LogP contribution in [0.3, 0.4) is 0 Å². The van der Waals surface area contributed by atoms with Crippen molar-refractivity contribution in [2.45, 2.75) is 0 Å². The molecule has 7 heteroatoms. The van der Waals surface area contributed by atoms with Gasteiger partial charge in [0.1, 0.15) is 5.75 Å². The number of tetrazole rings is 1. The minimum Gasteiger partial charge on any atom is -0.438 e. The number of hydrogen-bond donors (Lipinski definition) is 1. The summed E-state index contributed by atoms with van der Waals surface area (Å²) >= 11 is 0. The zero-order chi connectivity index (χ0) is 12.4. The van der Waals surface area contributed by atoms with Gasteiger partial charge in [-0.3, -0.25) is 0 Å². The van der Waals surface area contributed by atoms with Gasteiger partial charge < -0.3 is 10.1 Å². The summed E-state index contributed by atoms with van der Waals surface area (Å²) in [6.45, 7) is 0. The third-order valence-electron chi connectivity index (χ3n) is 2.41. The summed E-state index contributed by atoms with van der Waals surface area (Å²) in [5.41, 5.74) is 1.60. The quantitative estimate of drug-likeness (QED) is 0.747. The molecule has 7 nitrogen and oxygen atoms in total. The van der Waals surface area contributed by atoms with Gasteiger partial charge in [-0.25, -0.2) is 0 Å². The summed E-state index contributed by atoms with van der Waals surface area (Å²) in [6, 6.07) is 11.0. The van der Waals surface area contributed by atoms with Crippen LogP contribution in [0.2, 0.25) is 0 Å². The molecular formula is C11H10N6O. The molecule has 1 aromatic carbocycles. The minimum absolute atomic E-state index is 0.437. The highest BCUT2D eigenvalue weighted by molar-refractivity contribution is 5.46. The lowest BCUT2D eigenvalue weighted by molar-refractivity contribution is 0.447. The Bertz CT molecular complexity index is 663. The fraction of sp³-hybridized carbons (Fsp3) is 0.0909. The number of hydrogen-bond acceptors (Lipinski definition) is 6. The van der Waals surface area contributed by atoms with Crippen LogP contribution in [-0.4, -0.2) is 32.3 Å². The summed E-state index contributed by atoms with van der Waals surface area (Å²) in [7, 11) is 1.86. The van der Waals surface area contributed by atoms with Crippen molar-refractivity contribution in [2.75, 3.05) is 12.4 Å². The highest BCUT2D eigenvalue weighted by atomic mass is 16.5. The van der Waals surface area contributed by atoms with Crippen LogP contribution >= 0.6 is 0 Å². The van der Waals surface area contributed by atoms with Crippen LogP contribution in [0.25, 0.3) is 5.65 Å². The average Bonchev–Trinajstić information content (AvgIpc) is 2.87. The second-order valence-electron chi connectivity index (χ2n) is 3.57. The predicted octanol–water partition coefficient (Wildman–Crippen LogP) is 1.35. The monoisotopic (exact) mass is 242 g/mol. The Hall–Kier alpha value is -2.70. The molecule has 0 aliphatic rings. The lowest BCUT2D eigenvalue weighted by atomic mass is 10.3. The SMILES string of the molecule is CNc1ccc(Oc2ccc3nnnn3n2)cc1. The molecule has 0 atom stereocenters. The van der Waals surface area contributed by atoms with Crippen molar-refractivity contribution in [3.8, 4) is 11.6 Å². The van der Waals surface area contributed by atoms with Gasteiger partial charge in [-0.15, -0.1) is 14.8 Å². The molecule has 0 spiro atoms. The Kier molecular flexibility index (Phi) is 2.49. The molecule has 0 bridgehead atoms. The maximum atomic E-state index is 5.60. The summed E-state index contributed by atoms with van der Waals surface area (Å²) in [4.78, 5) is 0. The molecule has 2 aromatic heterocycles. The highest BCUT2D eigenvalue weighted by Crippen LogP contribution is 2.20. The van der Waals surface area contributed by atoms with E-state index in [1.807, 2.05) is 31.3 Å². The molecule has 0 aliphatic carbocycles. The fourth-order valence-electron chi connectivity index (χ4n) is 1.50. The number of ether oxygens (including phenoxy) is 1. The third kappa shape index (κ3) is 1.93. The molecule has 0 fully saturated rings. The molecule has 0 unspecified atom stereocenters. The van der Waals surface area contributed by atoms with Crippen LogP contribution in [0.1, 0.15) is 0 Å². The molecule has 18 heavy (non-hydrogen) atoms. The molecule has 1 N–H and O–H groups in total. The number of benzene rings is 1. The normalized spacial score (nSPS) is 10.5. The lowest BCUT2D eigenvalue weighted by Gasteiger charge is -2.05. The topological polar surface area (TPSA) is 77.2 Å². The standard InChI is InChI=1S/C11H10N6O/c1-12-8-2-4-9(5-3-8)18-11-7-6-10-13-15-16-17(10)14-11/h2-7,12H,1H3. The first-order valence-electron chi connectivity index (χ1n) is 5.36. The van der Waals surface area contributed by atoms with Gasteiger partial charge in [0, 0.05) is 18.8 Å². The van der Waals surface area contributed by atoms with Gasteiger partial charge in [0.2, 0.25) is 5.88 Å². The molecule has 0 saturated heterocycles. The maximum Gasteiger partial charge on any atom is 0.239 e. The molecule has 3 aromatic rings. The molecule has 0 amide bonds. The van der Waals surface area contributed by atoms with Gasteiger partial charge in [0.15, 0.2) is 5.65 Å². The van der Waals surface area contributed by atoms with Gasteiger partial charge in [0.25, 0.3) is 0 Å². The van der Waals surface area contributed by atoms with Gasteiger partial charge in [-0.2, -0.15) is 0 Å². The lowest BCUT2D eigenvalue weighted by Crippen LogP contribution is -1.97. The van der Waals surface area contributed by atoms with Crippen LogP contribution in [0.4, 0.5) is 5.69 Å². The number of nitrogens with zero attached hydrogens (tertiary/aromatic N) is 5. The highest BCUT2D eigenvalue weighted by Gasteiger charge is 2.02. The van der Waals surface area contributed by atoms with Crippen LogP contribution in [0.5, 0.6) is 11.6 Å². The largest absolute Gasteiger partial charge is 0.438 e. The van der Waals surface area contributed by atoms with Crippen LogP contribution in [0.15, 0.2) is 36.4 Å². The van der Waals surface area contributed by atoms with Crippen molar-refractivity contribution < 1.29 is 4.74 Å². The molecular weight excluding hydrogens is 232 g/mol. The predicted molar refractivity (Wildman–Crippen MR) is 64.6 cm³/mol. The van der Waals surface area contributed by atoms with Gasteiger partial charge >= 0.3 is 0 Å². The average molecular weight is 242 g/mol. The smallest absolute Gasteiger partial charge is 0.239 e. The maximum absolute atomic E-state index is 5.60. The van der Waals surface area contributed by atoms with E-state index in [9.17, 15) is 0 Å². The second kappa shape index (κ2) is 4.28. The summed E-state index contributed by atoms with van der Waals surface area (Å²) < 4.78 is 6.92. The zero-order valence-electron chi connectivity index (χ0n) is 9.61. The Morgan fingerprint density at radius 2 is 1.94 bits per heavy atom. The van der Waals surface area contributed by atoms with E-state index in [0.717, 1.165) is 5.69 Å². The fourth-order valence-corrected chi connectivity index (χ4v) is 1.50. The Morgan fingerprint density at radius 3 is 2.72 bits per heavy atom. The second-order valence-corrected chi connectivity index (χ2v) is 3.57. The molecule has 2 heterocycles. The summed E-state index contributed by atoms with van der Waals surface area (Å²) in [6.07, 6.45) is 0. The van der Waals surface area contributed by atoms with Crippen molar-refractivity contribution in [2.24, 2.45) is 0 Å². The van der Waals surface area contributed by atoms with E-state index >= 15 is 0 Å². The van der Waals surface area contributed by atoms with Crippen LogP contribution in [-0.2, 0) is 0 Å². The van der Waals surface area contributed by atoms with Crippen molar-refractivity contribution in [3.05, 3.63) is 36.4 Å². The van der Waals surface area contributed by atoms with Gasteiger partial charge in [0.05, 0.1) is 0 Å². The van der Waals surface area contributed by atoms with E-state index in [2.05, 4.69) is 25.9 Å². The van der Waals surface area contributed by atoms with Crippen LogP contribution < -0.4 is 10.1 Å². The van der Waals surface area contributed by atoms with Gasteiger partial charge in [-0.1, -0.05) is 0 Å². The van der Waals surface area contributed by atoms with E-state index < -0.39 is 0 Å². The Labute approximate surface area is 102 Å². The van der Waals surface area contributed by atoms with E-state index in [-0.39, 0.29) is 0 Å². The van der Waals surface area contributed by atoms with Crippen molar-refractivity contribution in [1.82, 2.24) is 25.3 Å². The first-order chi connectivity index (χ1) is 8.85. The Balaban J connectivity index is 1.85. The molecule has 3 rings (SSSR count). The number of rotatable bonds is 3. The van der Waals surface area contributed by atoms with Crippen molar-refractivity contribution >= 4 is 11.3 Å². The first-order valence-corrected chi connectivity index (χ1v) is 5.36. The minimum atomic E-state index is 0.437. The van der Waals surface area contributed by atoms with Crippen LogP contribution in [0, 0.1) is 0 Å². The van der Waals surface area contributed by atoms with E-state index in [1.165, 1.54) is 4.63 Å². The van der Waals surface area contributed by atoms with Crippen molar-refractivity contribution in [3.63, 3.8) is 0 Å². The summed E-state index contributed by atoms with van der Waals surface area (Å²) in [5, 5.41) is 18.1. The first kappa shape index (κ1) is 10.5. The number of fused-ring (bicyclic) bond motifs is 1. The summed E-state index contributed by atoms with van der Waals surface area (Å²) in [5.74, 6) is 1.14. The molecule has 0 saturated carbocycles. The zero-order valence-corrected chi connectivity index (χ0v) is 9.61. The molecule has 0 aliphatic heterocycles. The van der Waals surface area contributed by atoms with E-state index in [1.54, 1.807) is 12.1 Å². The third-order valence-corrected chi connectivity index (χ3v) is 2.41. The number of aromatic nitrogens is 5. The van der Waals surface area contributed by atoms with Gasteiger partial charge in [-0.05, 0) is 40.8 Å². The van der Waals surface area contributed by atoms with Crippen molar-refractivity contribution in [1.29, 1.82) is 0 Å². The van der Waals surface area contributed by atoms with E-state index in [0.29, 0.717) is 17.3 Å². The molecule has 0 radical (unpaired) electrons.